The van der Waals surface area contributed by atoms with Crippen molar-refractivity contribution in [3.63, 3.8) is 0 Å². The monoisotopic (exact) mass is 254 g/mol. The minimum Gasteiger partial charge on any atom is -0.356 e. The largest absolute Gasteiger partial charge is 0.356 e. The average Bonchev–Trinajstić information content (AvgIpc) is 2.26. The molecule has 0 spiro atoms. The van der Waals surface area contributed by atoms with E-state index in [4.69, 9.17) is 0 Å². The van der Waals surface area contributed by atoms with Gasteiger partial charge < -0.3 is 4.90 Å². The zero-order valence-electron chi connectivity index (χ0n) is 7.85. The highest BCUT2D eigenvalue weighted by atomic mass is 79.9. The molecule has 4 heteroatoms. The molecule has 0 aliphatic rings. The van der Waals surface area contributed by atoms with Gasteiger partial charge in [-0.1, -0.05) is 34.1 Å². The molecule has 3 nitrogen and oxygen atoms in total. The molecule has 0 fully saturated rings. The summed E-state index contributed by atoms with van der Waals surface area (Å²) in [7, 11) is 1.83. The number of carbonyl (C=O) groups excluding carboxylic acids is 1. The summed E-state index contributed by atoms with van der Waals surface area (Å²) in [5.74, 6) is -0.224. The fraction of sp³-hybridized carbons (Fsp3) is 0.200. The van der Waals surface area contributed by atoms with Crippen LogP contribution in [-0.4, -0.2) is 29.6 Å². The third-order valence-electron chi connectivity index (χ3n) is 1.58. The van der Waals surface area contributed by atoms with Crippen molar-refractivity contribution in [3.05, 3.63) is 35.9 Å². The fourth-order valence-electron chi connectivity index (χ4n) is 0.837. The van der Waals surface area contributed by atoms with E-state index in [9.17, 15) is 4.79 Å². The van der Waals surface area contributed by atoms with Crippen LogP contribution >= 0.6 is 15.9 Å². The Morgan fingerprint density at radius 3 is 2.71 bits per heavy atom. The number of hydrogen-bond acceptors (Lipinski definition) is 1. The molecular formula is C10H11BrN2O. The first-order chi connectivity index (χ1) is 6.74. The highest BCUT2D eigenvalue weighted by Gasteiger charge is 2.00. The van der Waals surface area contributed by atoms with Crippen LogP contribution in [0.3, 0.4) is 0 Å². The summed E-state index contributed by atoms with van der Waals surface area (Å²) in [5.41, 5.74) is 1.25. The van der Waals surface area contributed by atoms with Crippen LogP contribution in [0.5, 0.6) is 0 Å². The maximum absolute atomic E-state index is 11.4. The molecule has 74 valence electrons. The van der Waals surface area contributed by atoms with Gasteiger partial charge in [0.2, 0.25) is 0 Å². The first-order valence-electron chi connectivity index (χ1n) is 4.14. The van der Waals surface area contributed by atoms with E-state index >= 15 is 0 Å². The van der Waals surface area contributed by atoms with Crippen molar-refractivity contribution in [2.45, 2.75) is 0 Å². The van der Waals surface area contributed by atoms with Crippen LogP contribution in [0.25, 0.3) is 0 Å². The third-order valence-corrected chi connectivity index (χ3v) is 2.37. The normalized spacial score (nSPS) is 10.4. The van der Waals surface area contributed by atoms with E-state index in [0.717, 1.165) is 0 Å². The Hall–Kier alpha value is -1.16. The van der Waals surface area contributed by atoms with Crippen LogP contribution in [0, 0.1) is 0 Å². The number of nitrogens with zero attached hydrogens (tertiary/aromatic N) is 2. The average molecular weight is 255 g/mol. The summed E-state index contributed by atoms with van der Waals surface area (Å²) in [4.78, 5) is 17.0. The van der Waals surface area contributed by atoms with Gasteiger partial charge in [-0.05, 0) is 12.1 Å². The molecule has 1 amide bonds. The number of hydrogen-bond donors (Lipinski definition) is 0. The van der Waals surface area contributed by atoms with Crippen LogP contribution < -0.4 is 0 Å². The van der Waals surface area contributed by atoms with E-state index in [1.807, 2.05) is 25.2 Å². The number of halogens is 1. The van der Waals surface area contributed by atoms with Crippen LogP contribution in [0.15, 0.2) is 35.3 Å². The second-order valence-corrected chi connectivity index (χ2v) is 3.29. The first kappa shape index (κ1) is 10.9. The zero-order chi connectivity index (χ0) is 10.4. The summed E-state index contributed by atoms with van der Waals surface area (Å²) in [6.07, 6.45) is 1.50. The Balaban J connectivity index is 2.64. The Labute approximate surface area is 91.6 Å². The molecule has 0 heterocycles. The van der Waals surface area contributed by atoms with Crippen molar-refractivity contribution in [1.29, 1.82) is 0 Å². The van der Waals surface area contributed by atoms with Gasteiger partial charge in [-0.15, -0.1) is 0 Å². The van der Waals surface area contributed by atoms with Crippen molar-refractivity contribution in [2.24, 2.45) is 4.99 Å². The van der Waals surface area contributed by atoms with Crippen molar-refractivity contribution >= 4 is 28.2 Å². The van der Waals surface area contributed by atoms with E-state index in [2.05, 4.69) is 20.9 Å². The molecule has 0 atom stereocenters. The van der Waals surface area contributed by atoms with Gasteiger partial charge in [-0.3, -0.25) is 4.79 Å². The molecule has 0 bridgehead atoms. The fourth-order valence-corrected chi connectivity index (χ4v) is 0.967. The summed E-state index contributed by atoms with van der Waals surface area (Å²) in [5, 5.41) is 0. The Kier molecular flexibility index (Phi) is 4.32. The molecule has 0 saturated heterocycles. The van der Waals surface area contributed by atoms with Crippen molar-refractivity contribution in [1.82, 2.24) is 4.90 Å². The molecule has 1 rings (SSSR count). The van der Waals surface area contributed by atoms with E-state index < -0.39 is 0 Å². The number of amides is 1. The van der Waals surface area contributed by atoms with Gasteiger partial charge in [0.1, 0.15) is 0 Å². The van der Waals surface area contributed by atoms with Crippen LogP contribution in [0.4, 0.5) is 0 Å². The Morgan fingerprint density at radius 1 is 1.50 bits per heavy atom. The highest BCUT2D eigenvalue weighted by molar-refractivity contribution is 9.09. The van der Waals surface area contributed by atoms with Gasteiger partial charge in [0.15, 0.2) is 0 Å². The van der Waals surface area contributed by atoms with Crippen LogP contribution in [0.2, 0.25) is 0 Å². The summed E-state index contributed by atoms with van der Waals surface area (Å²) in [6, 6.07) is 8.99. The maximum Gasteiger partial charge on any atom is 0.278 e. The number of alkyl halides is 1. The quantitative estimate of drug-likeness (QED) is 0.359. The number of benzene rings is 1. The topological polar surface area (TPSA) is 32.7 Å². The lowest BCUT2D eigenvalue weighted by molar-refractivity contribution is 0.100. The minimum atomic E-state index is -0.224. The van der Waals surface area contributed by atoms with Gasteiger partial charge in [-0.25, -0.2) is 0 Å². The second-order valence-electron chi connectivity index (χ2n) is 2.79. The van der Waals surface area contributed by atoms with Crippen molar-refractivity contribution in [2.75, 3.05) is 12.5 Å². The lowest BCUT2D eigenvalue weighted by Crippen LogP contribution is -2.14. The molecule has 0 aliphatic carbocycles. The number of carbonyl (C=O) groups is 1. The van der Waals surface area contributed by atoms with Crippen molar-refractivity contribution < 1.29 is 4.79 Å². The summed E-state index contributed by atoms with van der Waals surface area (Å²) >= 11 is 3.24. The molecule has 0 N–H and O–H groups in total. The molecule has 0 saturated carbocycles. The second kappa shape index (κ2) is 5.54. The van der Waals surface area contributed by atoms with Gasteiger partial charge in [-0.2, -0.15) is 4.99 Å². The van der Waals surface area contributed by atoms with Crippen LogP contribution in [-0.2, 0) is 0 Å². The molecule has 0 aromatic heterocycles. The maximum atomic E-state index is 11.4. The summed E-state index contributed by atoms with van der Waals surface area (Å²) < 4.78 is 0. The van der Waals surface area contributed by atoms with Gasteiger partial charge >= 0.3 is 0 Å². The van der Waals surface area contributed by atoms with Crippen molar-refractivity contribution in [3.8, 4) is 0 Å². The van der Waals surface area contributed by atoms with E-state index in [0.29, 0.717) is 11.0 Å². The number of aliphatic imine (C=N–C) groups is 1. The molecule has 1 aromatic rings. The predicted octanol–water partition coefficient (Wildman–Crippen LogP) is 2.14. The molecular weight excluding hydrogens is 244 g/mol. The lowest BCUT2D eigenvalue weighted by Gasteiger charge is -2.05. The van der Waals surface area contributed by atoms with Gasteiger partial charge in [0, 0.05) is 12.6 Å². The molecule has 0 unspecified atom stereocenters. The molecule has 1 aromatic carbocycles. The predicted molar refractivity (Wildman–Crippen MR) is 60.8 cm³/mol. The lowest BCUT2D eigenvalue weighted by atomic mass is 10.2. The minimum absolute atomic E-state index is 0.224. The molecule has 0 radical (unpaired) electrons. The number of rotatable bonds is 3. The van der Waals surface area contributed by atoms with E-state index in [1.165, 1.54) is 6.34 Å². The SMILES string of the molecule is CN(C=NC(=O)c1ccccc1)CBr. The van der Waals surface area contributed by atoms with Crippen LogP contribution in [0.1, 0.15) is 10.4 Å². The molecule has 0 aliphatic heterocycles. The first-order valence-corrected chi connectivity index (χ1v) is 5.26. The Morgan fingerprint density at radius 2 is 2.14 bits per heavy atom. The zero-order valence-corrected chi connectivity index (χ0v) is 9.44. The van der Waals surface area contributed by atoms with Gasteiger partial charge in [0.25, 0.3) is 5.91 Å². The van der Waals surface area contributed by atoms with E-state index in [-0.39, 0.29) is 5.91 Å². The van der Waals surface area contributed by atoms with E-state index in [1.54, 1.807) is 17.0 Å². The standard InChI is InChI=1S/C10H11BrN2O/c1-13(7-11)8-12-10(14)9-5-3-2-4-6-9/h2-6,8H,7H2,1H3. The van der Waals surface area contributed by atoms with Gasteiger partial charge in [0.05, 0.1) is 11.8 Å². The highest BCUT2D eigenvalue weighted by Crippen LogP contribution is 2.00. The summed E-state index contributed by atoms with van der Waals surface area (Å²) in [6.45, 7) is 0. The third kappa shape index (κ3) is 3.30. The molecule has 14 heavy (non-hydrogen) atoms. The smallest absolute Gasteiger partial charge is 0.278 e. The Bertz CT molecular complexity index is 324.